The summed E-state index contributed by atoms with van der Waals surface area (Å²) >= 11 is 0. The van der Waals surface area contributed by atoms with E-state index in [2.05, 4.69) is 4.99 Å². The zero-order chi connectivity index (χ0) is 8.55. The zero-order valence-corrected chi connectivity index (χ0v) is 6.55. The molecule has 12 heavy (non-hydrogen) atoms. The predicted octanol–water partition coefficient (Wildman–Crippen LogP) is -0.436. The van der Waals surface area contributed by atoms with Gasteiger partial charge in [-0.2, -0.15) is 0 Å². The average Bonchev–Trinajstić information content (AvgIpc) is 2.49. The summed E-state index contributed by atoms with van der Waals surface area (Å²) in [5.41, 5.74) is 5.13. The Kier molecular flexibility index (Phi) is 1.49. The van der Waals surface area contributed by atoms with E-state index in [-0.39, 0.29) is 6.04 Å². The van der Waals surface area contributed by atoms with Gasteiger partial charge in [-0.1, -0.05) is 0 Å². The van der Waals surface area contributed by atoms with Crippen molar-refractivity contribution in [2.24, 2.45) is 10.7 Å². The standard InChI is InChI=1S/C7H10N4O/c8-7(12)10-1-2-11-5-9-3-6(11)4-10/h1-2,5-6H,3-4H2,(H2,8,12). The number of nitrogens with two attached hydrogens (primary N) is 1. The molecule has 0 aliphatic carbocycles. The number of nitrogens with zero attached hydrogens (tertiary/aromatic N) is 3. The zero-order valence-electron chi connectivity index (χ0n) is 6.55. The quantitative estimate of drug-likeness (QED) is 0.530. The van der Waals surface area contributed by atoms with Crippen LogP contribution in [0.4, 0.5) is 4.79 Å². The first-order chi connectivity index (χ1) is 5.77. The number of aliphatic imine (C=N–C) groups is 1. The minimum Gasteiger partial charge on any atom is -0.351 e. The Morgan fingerprint density at radius 1 is 1.58 bits per heavy atom. The monoisotopic (exact) mass is 166 g/mol. The van der Waals surface area contributed by atoms with E-state index < -0.39 is 6.03 Å². The number of rotatable bonds is 0. The van der Waals surface area contributed by atoms with Crippen LogP contribution in [0.1, 0.15) is 0 Å². The number of hydrogen-bond donors (Lipinski definition) is 1. The van der Waals surface area contributed by atoms with Gasteiger partial charge >= 0.3 is 6.03 Å². The third-order valence-electron chi connectivity index (χ3n) is 2.06. The minimum atomic E-state index is -0.405. The van der Waals surface area contributed by atoms with E-state index in [1.807, 2.05) is 11.1 Å². The van der Waals surface area contributed by atoms with E-state index >= 15 is 0 Å². The summed E-state index contributed by atoms with van der Waals surface area (Å²) in [6, 6.07) is -0.125. The van der Waals surface area contributed by atoms with Crippen molar-refractivity contribution >= 4 is 12.4 Å². The maximum absolute atomic E-state index is 10.8. The van der Waals surface area contributed by atoms with E-state index in [0.29, 0.717) is 6.54 Å². The molecule has 1 unspecified atom stereocenters. The lowest BCUT2D eigenvalue weighted by Gasteiger charge is -2.30. The largest absolute Gasteiger partial charge is 0.351 e. The van der Waals surface area contributed by atoms with Crippen LogP contribution >= 0.6 is 0 Å². The first kappa shape index (κ1) is 7.15. The van der Waals surface area contributed by atoms with Gasteiger partial charge in [0.2, 0.25) is 0 Å². The Bertz CT molecular complexity index is 260. The highest BCUT2D eigenvalue weighted by Gasteiger charge is 2.25. The second-order valence-corrected chi connectivity index (χ2v) is 2.87. The molecular formula is C7H10N4O. The fraction of sp³-hybridized carbons (Fsp3) is 0.429. The summed E-state index contributed by atoms with van der Waals surface area (Å²) in [4.78, 5) is 18.4. The first-order valence-corrected chi connectivity index (χ1v) is 3.79. The number of fused-ring (bicyclic) bond motifs is 1. The van der Waals surface area contributed by atoms with Crippen LogP contribution in [0, 0.1) is 0 Å². The molecule has 2 aliphatic heterocycles. The maximum Gasteiger partial charge on any atom is 0.318 e. The molecule has 1 atom stereocenters. The molecule has 0 saturated heterocycles. The van der Waals surface area contributed by atoms with Crippen LogP contribution in [-0.4, -0.2) is 41.3 Å². The van der Waals surface area contributed by atoms with Gasteiger partial charge in [-0.25, -0.2) is 4.79 Å². The molecule has 64 valence electrons. The van der Waals surface area contributed by atoms with Crippen LogP contribution in [0.2, 0.25) is 0 Å². The molecule has 0 bridgehead atoms. The van der Waals surface area contributed by atoms with Gasteiger partial charge in [-0.3, -0.25) is 9.89 Å². The number of amides is 2. The first-order valence-electron chi connectivity index (χ1n) is 3.79. The highest BCUT2D eigenvalue weighted by atomic mass is 16.2. The van der Waals surface area contributed by atoms with E-state index in [4.69, 9.17) is 5.73 Å². The summed E-state index contributed by atoms with van der Waals surface area (Å²) < 4.78 is 0. The number of urea groups is 1. The third kappa shape index (κ3) is 1.03. The topological polar surface area (TPSA) is 61.9 Å². The van der Waals surface area contributed by atoms with Crippen molar-refractivity contribution in [2.75, 3.05) is 13.1 Å². The average molecular weight is 166 g/mol. The normalized spacial score (nSPS) is 26.2. The summed E-state index contributed by atoms with van der Waals surface area (Å²) in [7, 11) is 0. The van der Waals surface area contributed by atoms with Gasteiger partial charge in [-0.05, 0) is 0 Å². The van der Waals surface area contributed by atoms with Crippen LogP contribution < -0.4 is 5.73 Å². The summed E-state index contributed by atoms with van der Waals surface area (Å²) in [5, 5.41) is 0. The predicted molar refractivity (Wildman–Crippen MR) is 44.4 cm³/mol. The summed E-state index contributed by atoms with van der Waals surface area (Å²) in [6.07, 6.45) is 5.27. The van der Waals surface area contributed by atoms with Gasteiger partial charge in [-0.15, -0.1) is 0 Å². The Labute approximate surface area is 70.1 Å². The molecular weight excluding hydrogens is 156 g/mol. The van der Waals surface area contributed by atoms with Crippen molar-refractivity contribution in [3.8, 4) is 0 Å². The van der Waals surface area contributed by atoms with E-state index in [9.17, 15) is 4.79 Å². The fourth-order valence-electron chi connectivity index (χ4n) is 1.37. The van der Waals surface area contributed by atoms with Crippen molar-refractivity contribution in [1.29, 1.82) is 0 Å². The highest BCUT2D eigenvalue weighted by molar-refractivity contribution is 5.74. The third-order valence-corrected chi connectivity index (χ3v) is 2.06. The van der Waals surface area contributed by atoms with Crippen LogP contribution in [0.3, 0.4) is 0 Å². The lowest BCUT2D eigenvalue weighted by Crippen LogP contribution is -2.45. The van der Waals surface area contributed by atoms with Gasteiger partial charge < -0.3 is 10.6 Å². The minimum absolute atomic E-state index is 0.280. The summed E-state index contributed by atoms with van der Waals surface area (Å²) in [6.45, 7) is 1.37. The molecule has 0 radical (unpaired) electrons. The van der Waals surface area contributed by atoms with Crippen LogP contribution in [0.25, 0.3) is 0 Å². The van der Waals surface area contributed by atoms with Crippen LogP contribution in [0.5, 0.6) is 0 Å². The van der Waals surface area contributed by atoms with E-state index in [0.717, 1.165) is 6.54 Å². The Morgan fingerprint density at radius 2 is 2.42 bits per heavy atom. The van der Waals surface area contributed by atoms with Crippen molar-refractivity contribution in [3.05, 3.63) is 12.4 Å². The number of carbonyl (C=O) groups excluding carboxylic acids is 1. The molecule has 0 aromatic heterocycles. The van der Waals surface area contributed by atoms with Gasteiger partial charge in [0.05, 0.1) is 18.9 Å². The molecule has 2 heterocycles. The van der Waals surface area contributed by atoms with Gasteiger partial charge in [0.15, 0.2) is 0 Å². The maximum atomic E-state index is 10.8. The molecule has 2 aliphatic rings. The molecule has 2 amide bonds. The number of carbonyl (C=O) groups is 1. The molecule has 0 aromatic rings. The lowest BCUT2D eigenvalue weighted by molar-refractivity contribution is 0.210. The number of hydrogen-bond acceptors (Lipinski definition) is 3. The SMILES string of the molecule is NC(=O)N1C=CN2C=NCC2C1. The Hall–Kier alpha value is -1.52. The molecule has 2 N–H and O–H groups in total. The van der Waals surface area contributed by atoms with Crippen molar-refractivity contribution in [2.45, 2.75) is 6.04 Å². The second kappa shape index (κ2) is 2.51. The highest BCUT2D eigenvalue weighted by Crippen LogP contribution is 2.13. The van der Waals surface area contributed by atoms with Crippen molar-refractivity contribution in [1.82, 2.24) is 9.80 Å². The van der Waals surface area contributed by atoms with E-state index in [1.165, 1.54) is 4.90 Å². The lowest BCUT2D eigenvalue weighted by atomic mass is 10.2. The van der Waals surface area contributed by atoms with Gasteiger partial charge in [0.1, 0.15) is 0 Å². The molecule has 0 aromatic carbocycles. The fourth-order valence-corrected chi connectivity index (χ4v) is 1.37. The van der Waals surface area contributed by atoms with Gasteiger partial charge in [0, 0.05) is 18.9 Å². The molecule has 0 spiro atoms. The van der Waals surface area contributed by atoms with Crippen molar-refractivity contribution < 1.29 is 4.79 Å². The smallest absolute Gasteiger partial charge is 0.318 e. The Balaban J connectivity index is 2.11. The molecule has 2 rings (SSSR count). The van der Waals surface area contributed by atoms with Crippen molar-refractivity contribution in [3.63, 3.8) is 0 Å². The number of primary amides is 1. The van der Waals surface area contributed by atoms with Crippen LogP contribution in [-0.2, 0) is 0 Å². The van der Waals surface area contributed by atoms with Gasteiger partial charge in [0.25, 0.3) is 0 Å². The van der Waals surface area contributed by atoms with E-state index in [1.54, 1.807) is 12.5 Å². The second-order valence-electron chi connectivity index (χ2n) is 2.87. The Morgan fingerprint density at radius 3 is 3.17 bits per heavy atom. The van der Waals surface area contributed by atoms with Crippen LogP contribution in [0.15, 0.2) is 17.4 Å². The molecule has 0 fully saturated rings. The molecule has 0 saturated carbocycles. The summed E-state index contributed by atoms with van der Waals surface area (Å²) in [5.74, 6) is 0. The molecule has 5 heteroatoms. The molecule has 5 nitrogen and oxygen atoms in total.